The second-order valence-corrected chi connectivity index (χ2v) is 5.46. The first-order valence-electron chi connectivity index (χ1n) is 6.22. The number of ether oxygens (including phenoxy) is 1. The highest BCUT2D eigenvalue weighted by Crippen LogP contribution is 2.33. The van der Waals surface area contributed by atoms with Gasteiger partial charge < -0.3 is 4.74 Å². The summed E-state index contributed by atoms with van der Waals surface area (Å²) in [6, 6.07) is 0. The van der Waals surface area contributed by atoms with Crippen molar-refractivity contribution in [3.8, 4) is 0 Å². The maximum absolute atomic E-state index is 11.8. The molecule has 3 nitrogen and oxygen atoms in total. The van der Waals surface area contributed by atoms with E-state index in [0.29, 0.717) is 12.8 Å². The summed E-state index contributed by atoms with van der Waals surface area (Å²) >= 11 is 0. The third kappa shape index (κ3) is 2.45. The first kappa shape index (κ1) is 12.8. The molecule has 0 radical (unpaired) electrons. The molecule has 96 valence electrons. The Bertz CT molecular complexity index is 478. The molecular weight excluding hydrogens is 228 g/mol. The Morgan fingerprint density at radius 2 is 2.06 bits per heavy atom. The fourth-order valence-corrected chi connectivity index (χ4v) is 2.09. The monoisotopic (exact) mass is 246 g/mol. The number of carbonyl (C=O) groups is 2. The summed E-state index contributed by atoms with van der Waals surface area (Å²) in [7, 11) is 0. The number of hydrogen-bond donors (Lipinski definition) is 0. The van der Waals surface area contributed by atoms with E-state index in [1.54, 1.807) is 6.08 Å². The lowest BCUT2D eigenvalue weighted by Crippen LogP contribution is -2.27. The lowest BCUT2D eigenvalue weighted by molar-refractivity contribution is -0.142. The number of ketones is 1. The molecule has 1 atom stereocenters. The molecule has 1 aliphatic heterocycles. The SMILES string of the molecule is C/C1=C\CCC2=CC(OC2=O)C(C)(C)/C=C/C1=O. The Morgan fingerprint density at radius 3 is 2.78 bits per heavy atom. The zero-order chi connectivity index (χ0) is 13.3. The third-order valence-electron chi connectivity index (χ3n) is 3.50. The Balaban J connectivity index is 2.37. The quantitative estimate of drug-likeness (QED) is 0.617. The molecule has 1 aliphatic carbocycles. The lowest BCUT2D eigenvalue weighted by Gasteiger charge is -2.25. The molecule has 0 aromatic carbocycles. The number of allylic oxidation sites excluding steroid dienone is 3. The maximum atomic E-state index is 11.8. The van der Waals surface area contributed by atoms with Crippen molar-refractivity contribution >= 4 is 11.8 Å². The Hall–Kier alpha value is -1.64. The lowest BCUT2D eigenvalue weighted by atomic mass is 9.85. The molecule has 1 unspecified atom stereocenters. The Kier molecular flexibility index (Phi) is 3.24. The van der Waals surface area contributed by atoms with Crippen LogP contribution in [0, 0.1) is 5.41 Å². The van der Waals surface area contributed by atoms with Crippen molar-refractivity contribution in [2.75, 3.05) is 0 Å². The zero-order valence-corrected chi connectivity index (χ0v) is 11.0. The topological polar surface area (TPSA) is 43.4 Å². The van der Waals surface area contributed by atoms with Gasteiger partial charge in [0.05, 0.1) is 0 Å². The second-order valence-electron chi connectivity index (χ2n) is 5.46. The van der Waals surface area contributed by atoms with E-state index in [-0.39, 0.29) is 23.3 Å². The molecule has 0 aromatic rings. The van der Waals surface area contributed by atoms with Gasteiger partial charge in [-0.3, -0.25) is 4.79 Å². The van der Waals surface area contributed by atoms with Crippen LogP contribution < -0.4 is 0 Å². The minimum absolute atomic E-state index is 0.0252. The molecule has 2 rings (SSSR count). The summed E-state index contributed by atoms with van der Waals surface area (Å²) in [5.74, 6) is -0.198. The van der Waals surface area contributed by atoms with Crippen molar-refractivity contribution in [2.24, 2.45) is 5.41 Å². The average Bonchev–Trinajstić information content (AvgIpc) is 2.67. The molecule has 0 saturated carbocycles. The van der Waals surface area contributed by atoms with Gasteiger partial charge in [-0.1, -0.05) is 26.0 Å². The minimum atomic E-state index is -0.363. The normalized spacial score (nSPS) is 31.8. The van der Waals surface area contributed by atoms with Crippen LogP contribution in [0.1, 0.15) is 33.6 Å². The van der Waals surface area contributed by atoms with Crippen molar-refractivity contribution in [3.63, 3.8) is 0 Å². The summed E-state index contributed by atoms with van der Waals surface area (Å²) in [5.41, 5.74) is 1.09. The van der Waals surface area contributed by atoms with Crippen LogP contribution in [0.15, 0.2) is 35.5 Å². The van der Waals surface area contributed by atoms with Gasteiger partial charge in [-0.05, 0) is 37.5 Å². The fourth-order valence-electron chi connectivity index (χ4n) is 2.09. The van der Waals surface area contributed by atoms with E-state index in [1.165, 1.54) is 0 Å². The van der Waals surface area contributed by atoms with Gasteiger partial charge in [0.15, 0.2) is 5.78 Å². The molecule has 2 aliphatic rings. The predicted molar refractivity (Wildman–Crippen MR) is 68.9 cm³/mol. The molecule has 0 aromatic heterocycles. The number of fused-ring (bicyclic) bond motifs is 1. The first-order chi connectivity index (χ1) is 8.40. The van der Waals surface area contributed by atoms with Gasteiger partial charge in [-0.2, -0.15) is 0 Å². The molecule has 0 amide bonds. The largest absolute Gasteiger partial charge is 0.454 e. The molecule has 2 bridgehead atoms. The van der Waals surface area contributed by atoms with Crippen LogP contribution in [0.3, 0.4) is 0 Å². The smallest absolute Gasteiger partial charge is 0.334 e. The number of carbonyl (C=O) groups excluding carboxylic acids is 2. The standard InChI is InChI=1S/C15H18O3/c1-10-5-4-6-11-9-13(18-14(11)17)15(2,3)8-7-12(10)16/h5,7-9,13H,4,6H2,1-3H3/b8-7+,10-5+. The maximum Gasteiger partial charge on any atom is 0.334 e. The Morgan fingerprint density at radius 1 is 1.33 bits per heavy atom. The van der Waals surface area contributed by atoms with Crippen LogP contribution in [-0.2, 0) is 14.3 Å². The highest BCUT2D eigenvalue weighted by Gasteiger charge is 2.35. The summed E-state index contributed by atoms with van der Waals surface area (Å²) in [5, 5.41) is 0. The fraction of sp³-hybridized carbons (Fsp3) is 0.467. The van der Waals surface area contributed by atoms with E-state index < -0.39 is 0 Å². The van der Waals surface area contributed by atoms with E-state index in [9.17, 15) is 9.59 Å². The van der Waals surface area contributed by atoms with Crippen LogP contribution >= 0.6 is 0 Å². The van der Waals surface area contributed by atoms with Crippen LogP contribution in [0.25, 0.3) is 0 Å². The molecule has 0 N–H and O–H groups in total. The van der Waals surface area contributed by atoms with Crippen molar-refractivity contribution in [1.29, 1.82) is 0 Å². The van der Waals surface area contributed by atoms with E-state index >= 15 is 0 Å². The minimum Gasteiger partial charge on any atom is -0.454 e. The van der Waals surface area contributed by atoms with E-state index in [1.807, 2.05) is 39.0 Å². The Labute approximate surface area is 107 Å². The first-order valence-corrected chi connectivity index (χ1v) is 6.22. The molecule has 1 heterocycles. The van der Waals surface area contributed by atoms with Gasteiger partial charge in [0.1, 0.15) is 6.10 Å². The molecule has 0 saturated heterocycles. The highest BCUT2D eigenvalue weighted by molar-refractivity contribution is 6.03. The third-order valence-corrected chi connectivity index (χ3v) is 3.50. The van der Waals surface area contributed by atoms with Crippen molar-refractivity contribution in [2.45, 2.75) is 39.7 Å². The van der Waals surface area contributed by atoms with Crippen molar-refractivity contribution < 1.29 is 14.3 Å². The highest BCUT2D eigenvalue weighted by atomic mass is 16.5. The predicted octanol–water partition coefficient (Wildman–Crippen LogP) is 2.73. The van der Waals surface area contributed by atoms with Gasteiger partial charge in [-0.25, -0.2) is 4.79 Å². The van der Waals surface area contributed by atoms with Crippen molar-refractivity contribution in [1.82, 2.24) is 0 Å². The molecule has 18 heavy (non-hydrogen) atoms. The molecule has 0 spiro atoms. The van der Waals surface area contributed by atoms with E-state index in [0.717, 1.165) is 11.1 Å². The van der Waals surface area contributed by atoms with Gasteiger partial charge in [-0.15, -0.1) is 0 Å². The van der Waals surface area contributed by atoms with E-state index in [2.05, 4.69) is 0 Å². The van der Waals surface area contributed by atoms with Crippen molar-refractivity contribution in [3.05, 3.63) is 35.5 Å². The zero-order valence-electron chi connectivity index (χ0n) is 11.0. The van der Waals surface area contributed by atoms with E-state index in [4.69, 9.17) is 4.74 Å². The van der Waals surface area contributed by atoms with Gasteiger partial charge >= 0.3 is 5.97 Å². The molecule has 3 heteroatoms. The summed E-state index contributed by atoms with van der Waals surface area (Å²) in [6.07, 6.45) is 8.24. The number of esters is 1. The summed E-state index contributed by atoms with van der Waals surface area (Å²) in [4.78, 5) is 23.5. The van der Waals surface area contributed by atoms with Crippen LogP contribution in [0.5, 0.6) is 0 Å². The summed E-state index contributed by atoms with van der Waals surface area (Å²) in [6.45, 7) is 5.73. The summed E-state index contributed by atoms with van der Waals surface area (Å²) < 4.78 is 5.36. The van der Waals surface area contributed by atoms with Gasteiger partial charge in [0.25, 0.3) is 0 Å². The second kappa shape index (κ2) is 4.56. The van der Waals surface area contributed by atoms with Crippen LogP contribution in [0.4, 0.5) is 0 Å². The number of rotatable bonds is 0. The number of hydrogen-bond acceptors (Lipinski definition) is 3. The van der Waals surface area contributed by atoms with Crippen LogP contribution in [-0.4, -0.2) is 17.9 Å². The molecule has 0 fully saturated rings. The van der Waals surface area contributed by atoms with Gasteiger partial charge in [0.2, 0.25) is 0 Å². The average molecular weight is 246 g/mol. The molecular formula is C15H18O3. The van der Waals surface area contributed by atoms with Gasteiger partial charge in [0, 0.05) is 11.0 Å². The van der Waals surface area contributed by atoms with Crippen LogP contribution in [0.2, 0.25) is 0 Å².